The van der Waals surface area contributed by atoms with Crippen molar-refractivity contribution in [2.45, 2.75) is 6.10 Å². The van der Waals surface area contributed by atoms with Crippen LogP contribution in [0.15, 0.2) is 24.3 Å². The lowest BCUT2D eigenvalue weighted by molar-refractivity contribution is 0.0598. The number of phenols is 1. The summed E-state index contributed by atoms with van der Waals surface area (Å²) in [4.78, 5) is 13.1. The van der Waals surface area contributed by atoms with Gasteiger partial charge in [0.1, 0.15) is 18.5 Å². The van der Waals surface area contributed by atoms with Crippen molar-refractivity contribution in [3.63, 3.8) is 0 Å². The van der Waals surface area contributed by atoms with Crippen molar-refractivity contribution in [3.8, 4) is 18.1 Å². The summed E-state index contributed by atoms with van der Waals surface area (Å²) in [5.41, 5.74) is 0.678. The predicted molar refractivity (Wildman–Crippen MR) is 65.4 cm³/mol. The molecule has 0 spiro atoms. The number of rotatable bonds is 4. The number of anilines is 1. The van der Waals surface area contributed by atoms with Crippen molar-refractivity contribution in [2.75, 3.05) is 24.7 Å². The molecule has 1 heterocycles. The van der Waals surface area contributed by atoms with Gasteiger partial charge in [-0.05, 0) is 24.3 Å². The fourth-order valence-corrected chi connectivity index (χ4v) is 1.70. The Labute approximate surface area is 105 Å². The molecule has 1 aliphatic rings. The number of aromatic hydroxyl groups is 1. The average Bonchev–Trinajstić information content (AvgIpc) is 2.72. The van der Waals surface area contributed by atoms with Crippen molar-refractivity contribution < 1.29 is 19.4 Å². The highest BCUT2D eigenvalue weighted by atomic mass is 16.6. The van der Waals surface area contributed by atoms with Crippen molar-refractivity contribution >= 4 is 11.8 Å². The number of terminal acetylenes is 1. The van der Waals surface area contributed by atoms with E-state index in [0.29, 0.717) is 12.2 Å². The van der Waals surface area contributed by atoms with Crippen LogP contribution in [0.4, 0.5) is 10.5 Å². The van der Waals surface area contributed by atoms with Gasteiger partial charge < -0.3 is 14.6 Å². The number of ether oxygens (including phenoxy) is 2. The summed E-state index contributed by atoms with van der Waals surface area (Å²) in [6.45, 7) is 0.895. The number of carbonyl (C=O) groups is 1. The highest BCUT2D eigenvalue weighted by Crippen LogP contribution is 2.23. The third kappa shape index (κ3) is 2.73. The Morgan fingerprint density at radius 3 is 2.89 bits per heavy atom. The van der Waals surface area contributed by atoms with E-state index in [-0.39, 0.29) is 25.1 Å². The van der Waals surface area contributed by atoms with Crippen LogP contribution in [-0.2, 0) is 9.47 Å². The lowest BCUT2D eigenvalue weighted by Crippen LogP contribution is -2.25. The first kappa shape index (κ1) is 12.3. The van der Waals surface area contributed by atoms with Crippen LogP contribution in [0, 0.1) is 12.3 Å². The zero-order chi connectivity index (χ0) is 13.0. The number of carbonyl (C=O) groups excluding carboxylic acids is 1. The zero-order valence-electron chi connectivity index (χ0n) is 9.70. The third-order valence-corrected chi connectivity index (χ3v) is 2.52. The van der Waals surface area contributed by atoms with Crippen LogP contribution in [0.2, 0.25) is 0 Å². The highest BCUT2D eigenvalue weighted by Gasteiger charge is 2.32. The fourth-order valence-electron chi connectivity index (χ4n) is 1.70. The zero-order valence-corrected chi connectivity index (χ0v) is 9.70. The molecule has 5 nitrogen and oxygen atoms in total. The van der Waals surface area contributed by atoms with Crippen LogP contribution in [0.3, 0.4) is 0 Å². The number of benzene rings is 1. The maximum absolute atomic E-state index is 11.6. The lowest BCUT2D eigenvalue weighted by atomic mass is 10.2. The maximum atomic E-state index is 11.6. The van der Waals surface area contributed by atoms with E-state index in [4.69, 9.17) is 15.9 Å². The van der Waals surface area contributed by atoms with Crippen LogP contribution in [0.5, 0.6) is 5.75 Å². The molecule has 1 atom stereocenters. The SMILES string of the molecule is C#CCOCC1CN(c2ccc(O)cc2)C(=O)O1. The smallest absolute Gasteiger partial charge is 0.414 e. The minimum absolute atomic E-state index is 0.153. The molecule has 0 bridgehead atoms. The standard InChI is InChI=1S/C13H13NO4/c1-2-7-17-9-12-8-14(13(16)18-12)10-3-5-11(15)6-4-10/h1,3-6,12,15H,7-9H2. The van der Waals surface area contributed by atoms with Gasteiger partial charge in [-0.1, -0.05) is 5.92 Å². The van der Waals surface area contributed by atoms with Crippen LogP contribution in [0.1, 0.15) is 0 Å². The molecule has 1 aliphatic heterocycles. The Balaban J connectivity index is 1.97. The van der Waals surface area contributed by atoms with E-state index in [9.17, 15) is 9.90 Å². The number of phenolic OH excluding ortho intramolecular Hbond substituents is 1. The quantitative estimate of drug-likeness (QED) is 0.645. The normalized spacial score (nSPS) is 18.5. The average molecular weight is 247 g/mol. The number of amides is 1. The summed E-state index contributed by atoms with van der Waals surface area (Å²) < 4.78 is 10.3. The Hall–Kier alpha value is -2.19. The first-order valence-electron chi connectivity index (χ1n) is 5.49. The topological polar surface area (TPSA) is 59.0 Å². The van der Waals surface area contributed by atoms with Crippen molar-refractivity contribution in [1.29, 1.82) is 0 Å². The van der Waals surface area contributed by atoms with E-state index >= 15 is 0 Å². The molecule has 1 amide bonds. The number of nitrogens with zero attached hydrogens (tertiary/aromatic N) is 1. The maximum Gasteiger partial charge on any atom is 0.414 e. The Kier molecular flexibility index (Phi) is 3.70. The summed E-state index contributed by atoms with van der Waals surface area (Å²) in [6.07, 6.45) is 4.32. The molecule has 1 aromatic rings. The molecule has 1 N–H and O–H groups in total. The molecular formula is C13H13NO4. The molecule has 18 heavy (non-hydrogen) atoms. The fraction of sp³-hybridized carbons (Fsp3) is 0.308. The van der Waals surface area contributed by atoms with Crippen LogP contribution in [-0.4, -0.2) is 37.1 Å². The van der Waals surface area contributed by atoms with Gasteiger partial charge in [-0.2, -0.15) is 0 Å². The monoisotopic (exact) mass is 247 g/mol. The first-order chi connectivity index (χ1) is 8.70. The van der Waals surface area contributed by atoms with Gasteiger partial charge in [0.05, 0.1) is 13.2 Å². The van der Waals surface area contributed by atoms with Gasteiger partial charge in [-0.25, -0.2) is 4.79 Å². The number of cyclic esters (lactones) is 1. The molecule has 0 radical (unpaired) electrons. The predicted octanol–water partition coefficient (Wildman–Crippen LogP) is 1.37. The second-order valence-electron chi connectivity index (χ2n) is 3.85. The van der Waals surface area contributed by atoms with Gasteiger partial charge in [-0.3, -0.25) is 4.90 Å². The van der Waals surface area contributed by atoms with Crippen LogP contribution in [0.25, 0.3) is 0 Å². The molecule has 1 unspecified atom stereocenters. The van der Waals surface area contributed by atoms with Crippen LogP contribution >= 0.6 is 0 Å². The number of hydrogen-bond acceptors (Lipinski definition) is 4. The van der Waals surface area contributed by atoms with Crippen molar-refractivity contribution in [1.82, 2.24) is 0 Å². The molecule has 2 rings (SSSR count). The van der Waals surface area contributed by atoms with Crippen molar-refractivity contribution in [2.24, 2.45) is 0 Å². The Morgan fingerprint density at radius 2 is 2.22 bits per heavy atom. The van der Waals surface area contributed by atoms with E-state index in [1.54, 1.807) is 12.1 Å². The summed E-state index contributed by atoms with van der Waals surface area (Å²) in [5, 5.41) is 9.19. The van der Waals surface area contributed by atoms with Gasteiger partial charge in [0.2, 0.25) is 0 Å². The summed E-state index contributed by atoms with van der Waals surface area (Å²) >= 11 is 0. The Bertz CT molecular complexity index is 463. The minimum atomic E-state index is -0.421. The number of hydrogen-bond donors (Lipinski definition) is 1. The molecule has 0 aromatic heterocycles. The van der Waals surface area contributed by atoms with E-state index < -0.39 is 6.09 Å². The Morgan fingerprint density at radius 1 is 1.50 bits per heavy atom. The molecule has 0 saturated carbocycles. The van der Waals surface area contributed by atoms with E-state index in [0.717, 1.165) is 0 Å². The van der Waals surface area contributed by atoms with Gasteiger partial charge in [0, 0.05) is 5.69 Å². The lowest BCUT2D eigenvalue weighted by Gasteiger charge is -2.12. The van der Waals surface area contributed by atoms with Gasteiger partial charge in [0.25, 0.3) is 0 Å². The first-order valence-corrected chi connectivity index (χ1v) is 5.49. The van der Waals surface area contributed by atoms with E-state index in [1.165, 1.54) is 17.0 Å². The molecule has 1 saturated heterocycles. The minimum Gasteiger partial charge on any atom is -0.508 e. The van der Waals surface area contributed by atoms with Crippen LogP contribution < -0.4 is 4.90 Å². The van der Waals surface area contributed by atoms with Gasteiger partial charge in [-0.15, -0.1) is 6.42 Å². The summed E-state index contributed by atoms with van der Waals surface area (Å²) in [7, 11) is 0. The largest absolute Gasteiger partial charge is 0.508 e. The molecule has 5 heteroatoms. The van der Waals surface area contributed by atoms with Gasteiger partial charge in [0.15, 0.2) is 0 Å². The van der Waals surface area contributed by atoms with E-state index in [1.807, 2.05) is 0 Å². The van der Waals surface area contributed by atoms with E-state index in [2.05, 4.69) is 5.92 Å². The van der Waals surface area contributed by atoms with Crippen molar-refractivity contribution in [3.05, 3.63) is 24.3 Å². The summed E-state index contributed by atoms with van der Waals surface area (Å²) in [6, 6.07) is 6.35. The summed E-state index contributed by atoms with van der Waals surface area (Å²) in [5.74, 6) is 2.50. The molecule has 0 aliphatic carbocycles. The molecule has 94 valence electrons. The molecular weight excluding hydrogens is 234 g/mol. The molecule has 1 fully saturated rings. The molecule has 1 aromatic carbocycles. The third-order valence-electron chi connectivity index (χ3n) is 2.52. The van der Waals surface area contributed by atoms with Gasteiger partial charge >= 0.3 is 6.09 Å². The highest BCUT2D eigenvalue weighted by molar-refractivity contribution is 5.89. The second kappa shape index (κ2) is 5.43. The second-order valence-corrected chi connectivity index (χ2v) is 3.85.